The number of hydrogen-bond donors (Lipinski definition) is 3. The molecule has 180 valence electrons. The molecule has 0 aromatic carbocycles. The van der Waals surface area contributed by atoms with Gasteiger partial charge in [0.05, 0.1) is 29.0 Å². The highest BCUT2D eigenvalue weighted by Crippen LogP contribution is 2.31. The van der Waals surface area contributed by atoms with Gasteiger partial charge in [-0.3, -0.25) is 19.7 Å². The van der Waals surface area contributed by atoms with Crippen LogP contribution in [-0.2, 0) is 11.2 Å². The number of aromatic nitrogens is 4. The number of aromatic amines is 1. The smallest absolute Gasteiger partial charge is 0.257 e. The lowest BCUT2D eigenvalue weighted by atomic mass is 9.79. The molecule has 1 aliphatic rings. The Hall–Kier alpha value is -3.49. The van der Waals surface area contributed by atoms with E-state index in [1.165, 1.54) is 6.26 Å². The van der Waals surface area contributed by atoms with Gasteiger partial charge in [0.15, 0.2) is 0 Å². The second-order valence-corrected chi connectivity index (χ2v) is 9.23. The topological polar surface area (TPSA) is 126 Å². The van der Waals surface area contributed by atoms with Crippen LogP contribution >= 0.6 is 0 Å². The van der Waals surface area contributed by atoms with E-state index in [1.54, 1.807) is 6.20 Å². The van der Waals surface area contributed by atoms with E-state index in [9.17, 15) is 9.59 Å². The number of H-pyrrole nitrogens is 1. The maximum Gasteiger partial charge on any atom is 0.257 e. The molecule has 4 rings (SSSR count). The fourth-order valence-electron chi connectivity index (χ4n) is 4.70. The number of aryl methyl sites for hydroxylation is 3. The van der Waals surface area contributed by atoms with Crippen molar-refractivity contribution in [3.8, 4) is 11.3 Å². The number of carbonyl (C=O) groups excluding carboxylic acids is 2. The molecule has 9 heteroatoms. The molecule has 0 aliphatic heterocycles. The number of rotatable bonds is 7. The maximum absolute atomic E-state index is 13.4. The van der Waals surface area contributed by atoms with Crippen LogP contribution < -0.4 is 10.6 Å². The highest BCUT2D eigenvalue weighted by molar-refractivity contribution is 6.01. The van der Waals surface area contributed by atoms with Crippen LogP contribution in [0.4, 0.5) is 5.69 Å². The minimum atomic E-state index is -0.655. The summed E-state index contributed by atoms with van der Waals surface area (Å²) >= 11 is 0. The van der Waals surface area contributed by atoms with E-state index in [2.05, 4.69) is 37.9 Å². The van der Waals surface area contributed by atoms with Crippen LogP contribution in [0.5, 0.6) is 0 Å². The van der Waals surface area contributed by atoms with E-state index < -0.39 is 6.04 Å². The molecule has 1 fully saturated rings. The third-order valence-corrected chi connectivity index (χ3v) is 6.74. The lowest BCUT2D eigenvalue weighted by molar-refractivity contribution is -0.119. The van der Waals surface area contributed by atoms with Crippen molar-refractivity contribution >= 4 is 17.5 Å². The molecule has 0 unspecified atom stereocenters. The van der Waals surface area contributed by atoms with E-state index in [0.717, 1.165) is 48.3 Å². The van der Waals surface area contributed by atoms with Gasteiger partial charge >= 0.3 is 0 Å². The summed E-state index contributed by atoms with van der Waals surface area (Å²) < 4.78 is 4.99. The third kappa shape index (κ3) is 5.03. The van der Waals surface area contributed by atoms with E-state index in [1.807, 2.05) is 32.9 Å². The van der Waals surface area contributed by atoms with Gasteiger partial charge in [-0.05, 0) is 57.1 Å². The molecular formula is C25H32N6O3. The van der Waals surface area contributed by atoms with Crippen LogP contribution in [0.2, 0.25) is 0 Å². The predicted octanol–water partition coefficient (Wildman–Crippen LogP) is 4.20. The first-order valence-electron chi connectivity index (χ1n) is 11.9. The molecule has 0 spiro atoms. The minimum absolute atomic E-state index is 0.0635. The molecule has 0 radical (unpaired) electrons. The second kappa shape index (κ2) is 10.2. The van der Waals surface area contributed by atoms with Crippen molar-refractivity contribution in [1.29, 1.82) is 0 Å². The number of nitrogens with one attached hydrogen (secondary N) is 3. The van der Waals surface area contributed by atoms with Crippen LogP contribution in [0.1, 0.15) is 67.0 Å². The molecule has 3 aromatic heterocycles. The number of hydrogen-bond acceptors (Lipinski definition) is 6. The molecule has 1 atom stereocenters. The lowest BCUT2D eigenvalue weighted by Gasteiger charge is -2.32. The van der Waals surface area contributed by atoms with Gasteiger partial charge in [0.25, 0.3) is 5.91 Å². The molecule has 3 heterocycles. The number of anilines is 1. The zero-order chi connectivity index (χ0) is 24.2. The van der Waals surface area contributed by atoms with Crippen molar-refractivity contribution < 1.29 is 14.1 Å². The quantitative estimate of drug-likeness (QED) is 0.481. The Balaban J connectivity index is 1.51. The van der Waals surface area contributed by atoms with Gasteiger partial charge < -0.3 is 15.2 Å². The summed E-state index contributed by atoms with van der Waals surface area (Å²) in [6, 6.07) is 3.03. The maximum atomic E-state index is 13.4. The monoisotopic (exact) mass is 464 g/mol. The molecule has 1 aliphatic carbocycles. The van der Waals surface area contributed by atoms with Gasteiger partial charge in [0, 0.05) is 11.3 Å². The summed E-state index contributed by atoms with van der Waals surface area (Å²) in [5.74, 6) is 0.115. The summed E-state index contributed by atoms with van der Waals surface area (Å²) in [5, 5.41) is 17.0. The summed E-state index contributed by atoms with van der Waals surface area (Å²) in [6.07, 6.45) is 7.41. The number of nitrogens with zero attached hydrogens (tertiary/aromatic N) is 3. The highest BCUT2D eigenvalue weighted by Gasteiger charge is 2.33. The van der Waals surface area contributed by atoms with Crippen LogP contribution in [0.15, 0.2) is 29.1 Å². The van der Waals surface area contributed by atoms with Crippen molar-refractivity contribution in [3.05, 3.63) is 47.2 Å². The van der Waals surface area contributed by atoms with Gasteiger partial charge in [-0.1, -0.05) is 31.8 Å². The molecule has 1 saturated carbocycles. The zero-order valence-electron chi connectivity index (χ0n) is 20.1. The Morgan fingerprint density at radius 2 is 1.97 bits per heavy atom. The standard InChI is InChI=1S/C25H32N6O3/c1-5-20-19(13-34-31-20)24(32)28-23(17-8-6-14(2)7-9-17)25(33)27-18-10-11-21(26-12-18)22-15(3)29-30-16(22)4/h10-14,17,23H,5-9H2,1-4H3,(H,27,33)(H,28,32)(H,29,30)/t14?,17?,23-/m0/s1. The third-order valence-electron chi connectivity index (χ3n) is 6.74. The largest absolute Gasteiger partial charge is 0.364 e. The summed E-state index contributed by atoms with van der Waals surface area (Å²) in [7, 11) is 0. The molecule has 2 amide bonds. The lowest BCUT2D eigenvalue weighted by Crippen LogP contribution is -2.49. The summed E-state index contributed by atoms with van der Waals surface area (Å²) in [5.41, 5.74) is 5.09. The van der Waals surface area contributed by atoms with Crippen LogP contribution in [0.3, 0.4) is 0 Å². The Morgan fingerprint density at radius 1 is 1.21 bits per heavy atom. The molecule has 0 saturated heterocycles. The van der Waals surface area contributed by atoms with Gasteiger partial charge in [-0.25, -0.2) is 0 Å². The molecule has 34 heavy (non-hydrogen) atoms. The minimum Gasteiger partial charge on any atom is -0.364 e. The first kappa shape index (κ1) is 23.7. The number of amides is 2. The first-order valence-corrected chi connectivity index (χ1v) is 11.9. The predicted molar refractivity (Wildman–Crippen MR) is 128 cm³/mol. The van der Waals surface area contributed by atoms with Crippen LogP contribution in [-0.4, -0.2) is 38.2 Å². The number of pyridine rings is 1. The van der Waals surface area contributed by atoms with Crippen molar-refractivity contribution in [2.75, 3.05) is 5.32 Å². The van der Waals surface area contributed by atoms with Crippen molar-refractivity contribution in [2.45, 2.75) is 65.8 Å². The molecule has 3 N–H and O–H groups in total. The van der Waals surface area contributed by atoms with Gasteiger partial charge in [-0.15, -0.1) is 0 Å². The van der Waals surface area contributed by atoms with E-state index in [-0.39, 0.29) is 17.7 Å². The van der Waals surface area contributed by atoms with Crippen LogP contribution in [0, 0.1) is 25.7 Å². The fraction of sp³-hybridized carbons (Fsp3) is 0.480. The first-order chi connectivity index (χ1) is 16.4. The number of carbonyl (C=O) groups is 2. The van der Waals surface area contributed by atoms with Crippen LogP contribution in [0.25, 0.3) is 11.3 Å². The summed E-state index contributed by atoms with van der Waals surface area (Å²) in [6.45, 7) is 8.01. The molecule has 0 bridgehead atoms. The Labute approximate surface area is 199 Å². The average molecular weight is 465 g/mol. The molecule has 3 aromatic rings. The fourth-order valence-corrected chi connectivity index (χ4v) is 4.70. The average Bonchev–Trinajstić information content (AvgIpc) is 3.45. The van der Waals surface area contributed by atoms with Gasteiger partial charge in [0.2, 0.25) is 5.91 Å². The second-order valence-electron chi connectivity index (χ2n) is 9.23. The molecule has 9 nitrogen and oxygen atoms in total. The zero-order valence-corrected chi connectivity index (χ0v) is 20.1. The van der Waals surface area contributed by atoms with Crippen molar-refractivity contribution in [2.24, 2.45) is 11.8 Å². The van der Waals surface area contributed by atoms with Gasteiger partial charge in [0.1, 0.15) is 17.9 Å². The highest BCUT2D eigenvalue weighted by atomic mass is 16.5. The van der Waals surface area contributed by atoms with Crippen molar-refractivity contribution in [3.63, 3.8) is 0 Å². The van der Waals surface area contributed by atoms with E-state index in [0.29, 0.717) is 29.3 Å². The SMILES string of the molecule is CCc1nocc1C(=O)N[C@H](C(=O)Nc1ccc(-c2c(C)n[nH]c2C)nc1)C1CCC(C)CC1. The van der Waals surface area contributed by atoms with Crippen molar-refractivity contribution in [1.82, 2.24) is 25.7 Å². The Kier molecular flexibility index (Phi) is 7.09. The van der Waals surface area contributed by atoms with E-state index in [4.69, 9.17) is 4.52 Å². The van der Waals surface area contributed by atoms with Gasteiger partial charge in [-0.2, -0.15) is 5.10 Å². The summed E-state index contributed by atoms with van der Waals surface area (Å²) in [4.78, 5) is 30.9. The van der Waals surface area contributed by atoms with E-state index >= 15 is 0 Å². The Bertz CT molecular complexity index is 1120. The molecular weight excluding hydrogens is 432 g/mol. The normalized spacial score (nSPS) is 18.9. The Morgan fingerprint density at radius 3 is 2.59 bits per heavy atom.